The van der Waals surface area contributed by atoms with Gasteiger partial charge >= 0.3 is 0 Å². The van der Waals surface area contributed by atoms with Crippen molar-refractivity contribution in [2.75, 3.05) is 11.9 Å². The molecule has 7 nitrogen and oxygen atoms in total. The van der Waals surface area contributed by atoms with Crippen LogP contribution >= 0.6 is 0 Å². The average molecular weight is 478 g/mol. The molecule has 7 heteroatoms. The molecular weight excluding hydrogens is 438 g/mol. The van der Waals surface area contributed by atoms with Crippen molar-refractivity contribution >= 4 is 17.5 Å². The molecule has 35 heavy (non-hydrogen) atoms. The molecule has 0 radical (unpaired) electrons. The molecule has 0 spiro atoms. The zero-order valence-corrected chi connectivity index (χ0v) is 21.4. The topological polar surface area (TPSA) is 80.1 Å². The van der Waals surface area contributed by atoms with Crippen molar-refractivity contribution in [1.29, 1.82) is 0 Å². The van der Waals surface area contributed by atoms with Crippen LogP contribution in [0.2, 0.25) is 0 Å². The highest BCUT2D eigenvalue weighted by Gasteiger charge is 2.45. The largest absolute Gasteiger partial charge is 0.332 e. The van der Waals surface area contributed by atoms with Gasteiger partial charge in [0.05, 0.1) is 5.92 Å². The van der Waals surface area contributed by atoms with Crippen molar-refractivity contribution in [3.8, 4) is 0 Å². The number of anilines is 1. The number of amides is 2. The zero-order chi connectivity index (χ0) is 24.5. The van der Waals surface area contributed by atoms with Gasteiger partial charge in [0.15, 0.2) is 5.82 Å². The van der Waals surface area contributed by atoms with Gasteiger partial charge in [-0.25, -0.2) is 0 Å². The van der Waals surface area contributed by atoms with Crippen LogP contribution in [0.15, 0.2) is 18.2 Å². The van der Waals surface area contributed by atoms with E-state index in [1.54, 1.807) is 6.92 Å². The molecule has 0 bridgehead atoms. The lowest BCUT2D eigenvalue weighted by atomic mass is 9.86. The molecule has 1 saturated heterocycles. The number of nitrogens with zero attached hydrogens (tertiary/aromatic N) is 4. The Morgan fingerprint density at radius 2 is 1.80 bits per heavy atom. The van der Waals surface area contributed by atoms with Crippen LogP contribution in [0.5, 0.6) is 0 Å². The molecule has 5 rings (SSSR count). The molecule has 2 amide bonds. The molecule has 1 aromatic heterocycles. The predicted molar refractivity (Wildman–Crippen MR) is 136 cm³/mol. The maximum Gasteiger partial charge on any atom is 0.230 e. The first kappa shape index (κ1) is 24.0. The van der Waals surface area contributed by atoms with Gasteiger partial charge in [-0.15, -0.1) is 10.2 Å². The summed E-state index contributed by atoms with van der Waals surface area (Å²) in [6.07, 6.45) is 11.7. The Morgan fingerprint density at radius 3 is 2.49 bits per heavy atom. The quantitative estimate of drug-likeness (QED) is 0.587. The van der Waals surface area contributed by atoms with Crippen LogP contribution in [0, 0.1) is 25.7 Å². The average Bonchev–Trinajstić information content (AvgIpc) is 3.43. The van der Waals surface area contributed by atoms with E-state index in [-0.39, 0.29) is 23.8 Å². The minimum absolute atomic E-state index is 0.00841. The minimum Gasteiger partial charge on any atom is -0.332 e. The molecule has 188 valence electrons. The molecular formula is C28H39N5O2. The maximum atomic E-state index is 13.5. The molecule has 2 aliphatic carbocycles. The Hall–Kier alpha value is -2.70. The van der Waals surface area contributed by atoms with Gasteiger partial charge in [0, 0.05) is 31.6 Å². The zero-order valence-electron chi connectivity index (χ0n) is 21.4. The molecule has 1 aromatic carbocycles. The first-order valence-corrected chi connectivity index (χ1v) is 13.5. The second-order valence-electron chi connectivity index (χ2n) is 11.0. The Balaban J connectivity index is 1.40. The first-order chi connectivity index (χ1) is 16.9. The van der Waals surface area contributed by atoms with Crippen LogP contribution in [-0.2, 0) is 16.0 Å². The van der Waals surface area contributed by atoms with Crippen molar-refractivity contribution in [2.24, 2.45) is 11.8 Å². The third kappa shape index (κ3) is 5.14. The fraction of sp³-hybridized carbons (Fsp3) is 0.643. The van der Waals surface area contributed by atoms with Gasteiger partial charge in [-0.3, -0.25) is 9.59 Å². The second kappa shape index (κ2) is 10.1. The number of rotatable bonds is 7. The molecule has 1 aliphatic heterocycles. The Morgan fingerprint density at radius 1 is 1.03 bits per heavy atom. The number of carbonyl (C=O) groups is 2. The SMILES string of the molecule is CC(=O)N1CC[C@H](C(=O)Nc2ccc(C)cc2C)[C@H]1c1nnc(CCC2CCCCC2)n1C1CC1. The van der Waals surface area contributed by atoms with Gasteiger partial charge < -0.3 is 14.8 Å². The van der Waals surface area contributed by atoms with Gasteiger partial charge in [-0.2, -0.15) is 0 Å². The van der Waals surface area contributed by atoms with E-state index in [1.807, 2.05) is 30.9 Å². The summed E-state index contributed by atoms with van der Waals surface area (Å²) >= 11 is 0. The standard InChI is InChI=1S/C28H39N5O2/c1-18-9-13-24(19(2)17-18)29-28(35)23-15-16-32(20(3)34)26(23)27-31-30-25(33(27)22-11-12-22)14-10-21-7-5-4-6-8-21/h9,13,17,21-23,26H,4-8,10-12,14-16H2,1-3H3,(H,29,35)/t23-,26-/m0/s1. The summed E-state index contributed by atoms with van der Waals surface area (Å²) in [5.41, 5.74) is 3.04. The van der Waals surface area contributed by atoms with E-state index < -0.39 is 0 Å². The summed E-state index contributed by atoms with van der Waals surface area (Å²) in [6.45, 7) is 6.23. The molecule has 2 aromatic rings. The van der Waals surface area contributed by atoms with Gasteiger partial charge in [0.1, 0.15) is 11.9 Å². The number of aromatic nitrogens is 3. The van der Waals surface area contributed by atoms with E-state index in [4.69, 9.17) is 0 Å². The molecule has 2 saturated carbocycles. The van der Waals surface area contributed by atoms with Crippen molar-refractivity contribution in [1.82, 2.24) is 19.7 Å². The first-order valence-electron chi connectivity index (χ1n) is 13.5. The van der Waals surface area contributed by atoms with Crippen molar-refractivity contribution in [3.63, 3.8) is 0 Å². The Kier molecular flexibility index (Phi) is 6.94. The number of benzene rings is 1. The van der Waals surface area contributed by atoms with Crippen LogP contribution in [0.4, 0.5) is 5.69 Å². The Bertz CT molecular complexity index is 1080. The summed E-state index contributed by atoms with van der Waals surface area (Å²) in [4.78, 5) is 28.0. The van der Waals surface area contributed by atoms with E-state index in [0.717, 1.165) is 54.5 Å². The fourth-order valence-corrected chi connectivity index (χ4v) is 6.17. The lowest BCUT2D eigenvalue weighted by Gasteiger charge is -2.27. The predicted octanol–water partition coefficient (Wildman–Crippen LogP) is 5.29. The number of likely N-dealkylation sites (tertiary alicyclic amines) is 1. The van der Waals surface area contributed by atoms with Gasteiger partial charge in [0.25, 0.3) is 0 Å². The molecule has 3 fully saturated rings. The summed E-state index contributed by atoms with van der Waals surface area (Å²) in [6, 6.07) is 6.09. The van der Waals surface area contributed by atoms with Crippen molar-refractivity contribution in [3.05, 3.63) is 41.0 Å². The molecule has 2 heterocycles. The highest BCUT2D eigenvalue weighted by molar-refractivity contribution is 5.94. The minimum atomic E-state index is -0.366. The Labute approximate surface area is 208 Å². The van der Waals surface area contributed by atoms with E-state index in [1.165, 1.54) is 37.7 Å². The summed E-state index contributed by atoms with van der Waals surface area (Å²) in [5, 5.41) is 12.5. The van der Waals surface area contributed by atoms with E-state index in [0.29, 0.717) is 19.0 Å². The van der Waals surface area contributed by atoms with Crippen LogP contribution < -0.4 is 5.32 Å². The number of hydrogen-bond acceptors (Lipinski definition) is 4. The highest BCUT2D eigenvalue weighted by atomic mass is 16.2. The maximum absolute atomic E-state index is 13.5. The summed E-state index contributed by atoms with van der Waals surface area (Å²) in [7, 11) is 0. The molecule has 3 aliphatic rings. The van der Waals surface area contributed by atoms with Crippen LogP contribution in [-0.4, -0.2) is 38.0 Å². The van der Waals surface area contributed by atoms with Crippen molar-refractivity contribution < 1.29 is 9.59 Å². The van der Waals surface area contributed by atoms with E-state index in [9.17, 15) is 9.59 Å². The fourth-order valence-electron chi connectivity index (χ4n) is 6.17. The third-order valence-electron chi connectivity index (χ3n) is 8.25. The second-order valence-corrected chi connectivity index (χ2v) is 11.0. The van der Waals surface area contributed by atoms with E-state index in [2.05, 4.69) is 26.1 Å². The van der Waals surface area contributed by atoms with E-state index >= 15 is 0 Å². The molecule has 2 atom stereocenters. The highest BCUT2D eigenvalue weighted by Crippen LogP contribution is 2.43. The monoisotopic (exact) mass is 477 g/mol. The van der Waals surface area contributed by atoms with Crippen LogP contribution in [0.1, 0.15) is 99.6 Å². The van der Waals surface area contributed by atoms with Crippen LogP contribution in [0.3, 0.4) is 0 Å². The lowest BCUT2D eigenvalue weighted by Crippen LogP contribution is -2.35. The number of carbonyl (C=O) groups excluding carboxylic acids is 2. The third-order valence-corrected chi connectivity index (χ3v) is 8.25. The number of aryl methyl sites for hydroxylation is 3. The summed E-state index contributed by atoms with van der Waals surface area (Å²) < 4.78 is 2.30. The van der Waals surface area contributed by atoms with Gasteiger partial charge in [-0.05, 0) is 57.1 Å². The molecule has 1 N–H and O–H groups in total. The summed E-state index contributed by atoms with van der Waals surface area (Å²) in [5.74, 6) is 2.24. The number of nitrogens with one attached hydrogen (secondary N) is 1. The lowest BCUT2D eigenvalue weighted by molar-refractivity contribution is -0.131. The van der Waals surface area contributed by atoms with Gasteiger partial charge in [0.2, 0.25) is 11.8 Å². The normalized spacial score (nSPS) is 23.0. The van der Waals surface area contributed by atoms with Crippen molar-refractivity contribution in [2.45, 2.75) is 97.1 Å². The number of hydrogen-bond donors (Lipinski definition) is 1. The molecule has 0 unspecified atom stereocenters. The smallest absolute Gasteiger partial charge is 0.230 e. The van der Waals surface area contributed by atoms with Gasteiger partial charge in [-0.1, -0.05) is 49.8 Å². The van der Waals surface area contributed by atoms with Crippen LogP contribution in [0.25, 0.3) is 0 Å².